The van der Waals surface area contributed by atoms with Crippen molar-refractivity contribution in [2.24, 2.45) is 5.73 Å². The standard InChI is InChI=1S/C13H17N3O3/c1-4-10(14)13-15-12(16-19-13)9-6-5-8(17-2)7-11(9)18-3/h5-7,10H,4,14H2,1-3H3. The van der Waals surface area contributed by atoms with Crippen LogP contribution in [-0.4, -0.2) is 24.4 Å². The van der Waals surface area contributed by atoms with Gasteiger partial charge in [-0.3, -0.25) is 0 Å². The van der Waals surface area contributed by atoms with Crippen molar-refractivity contribution < 1.29 is 14.0 Å². The molecule has 2 N–H and O–H groups in total. The van der Waals surface area contributed by atoms with E-state index in [1.54, 1.807) is 20.3 Å². The maximum Gasteiger partial charge on any atom is 0.243 e. The van der Waals surface area contributed by atoms with Crippen LogP contribution in [0.5, 0.6) is 11.5 Å². The summed E-state index contributed by atoms with van der Waals surface area (Å²) in [7, 11) is 3.18. The minimum Gasteiger partial charge on any atom is -0.497 e. The summed E-state index contributed by atoms with van der Waals surface area (Å²) < 4.78 is 15.6. The molecule has 19 heavy (non-hydrogen) atoms. The molecule has 0 saturated heterocycles. The summed E-state index contributed by atoms with van der Waals surface area (Å²) in [6.45, 7) is 1.96. The summed E-state index contributed by atoms with van der Waals surface area (Å²) in [5.41, 5.74) is 6.59. The Morgan fingerprint density at radius 2 is 2.11 bits per heavy atom. The van der Waals surface area contributed by atoms with Crippen LogP contribution in [0.3, 0.4) is 0 Å². The Morgan fingerprint density at radius 1 is 1.32 bits per heavy atom. The zero-order chi connectivity index (χ0) is 13.8. The molecule has 0 aliphatic heterocycles. The molecule has 0 fully saturated rings. The van der Waals surface area contributed by atoms with Crippen LogP contribution >= 0.6 is 0 Å². The van der Waals surface area contributed by atoms with Crippen LogP contribution in [0.25, 0.3) is 11.4 Å². The number of ether oxygens (including phenoxy) is 2. The van der Waals surface area contributed by atoms with Crippen LogP contribution < -0.4 is 15.2 Å². The first kappa shape index (κ1) is 13.4. The SMILES string of the molecule is CCC(N)c1nc(-c2ccc(OC)cc2OC)no1. The number of rotatable bonds is 5. The van der Waals surface area contributed by atoms with Gasteiger partial charge in [0.2, 0.25) is 11.7 Å². The highest BCUT2D eigenvalue weighted by Crippen LogP contribution is 2.32. The molecule has 102 valence electrons. The van der Waals surface area contributed by atoms with E-state index in [4.69, 9.17) is 19.7 Å². The lowest BCUT2D eigenvalue weighted by atomic mass is 10.2. The Morgan fingerprint density at radius 3 is 2.74 bits per heavy atom. The Hall–Kier alpha value is -2.08. The molecule has 0 saturated carbocycles. The van der Waals surface area contributed by atoms with Crippen LogP contribution in [0.15, 0.2) is 22.7 Å². The molecule has 2 rings (SSSR count). The summed E-state index contributed by atoms with van der Waals surface area (Å²) >= 11 is 0. The van der Waals surface area contributed by atoms with Crippen LogP contribution in [0.4, 0.5) is 0 Å². The Balaban J connectivity index is 2.38. The average molecular weight is 263 g/mol. The van der Waals surface area contributed by atoms with Gasteiger partial charge < -0.3 is 19.7 Å². The van der Waals surface area contributed by atoms with E-state index in [-0.39, 0.29) is 6.04 Å². The molecule has 0 bridgehead atoms. The monoisotopic (exact) mass is 263 g/mol. The second-order valence-corrected chi connectivity index (χ2v) is 4.04. The molecule has 0 aliphatic rings. The lowest BCUT2D eigenvalue weighted by Gasteiger charge is -2.07. The van der Waals surface area contributed by atoms with E-state index in [9.17, 15) is 0 Å². The lowest BCUT2D eigenvalue weighted by Crippen LogP contribution is -2.08. The molecule has 1 atom stereocenters. The van der Waals surface area contributed by atoms with Gasteiger partial charge in [-0.05, 0) is 18.6 Å². The first-order valence-electron chi connectivity index (χ1n) is 6.01. The largest absolute Gasteiger partial charge is 0.497 e. The van der Waals surface area contributed by atoms with E-state index >= 15 is 0 Å². The molecule has 0 radical (unpaired) electrons. The smallest absolute Gasteiger partial charge is 0.243 e. The molecule has 2 aromatic rings. The number of hydrogen-bond donors (Lipinski definition) is 1. The van der Waals surface area contributed by atoms with Gasteiger partial charge in [0.1, 0.15) is 11.5 Å². The zero-order valence-electron chi connectivity index (χ0n) is 11.2. The second-order valence-electron chi connectivity index (χ2n) is 4.04. The van der Waals surface area contributed by atoms with E-state index in [2.05, 4.69) is 10.1 Å². The number of benzene rings is 1. The Bertz CT molecular complexity index is 554. The van der Waals surface area contributed by atoms with Gasteiger partial charge >= 0.3 is 0 Å². The number of nitrogens with zero attached hydrogens (tertiary/aromatic N) is 2. The summed E-state index contributed by atoms with van der Waals surface area (Å²) in [5, 5.41) is 3.93. The summed E-state index contributed by atoms with van der Waals surface area (Å²) in [6, 6.07) is 5.16. The van der Waals surface area contributed by atoms with Crippen molar-refractivity contribution >= 4 is 0 Å². The molecule has 1 aromatic heterocycles. The van der Waals surface area contributed by atoms with Gasteiger partial charge in [-0.25, -0.2) is 0 Å². The highest BCUT2D eigenvalue weighted by atomic mass is 16.5. The zero-order valence-corrected chi connectivity index (χ0v) is 11.2. The normalized spacial score (nSPS) is 12.2. The summed E-state index contributed by atoms with van der Waals surface area (Å²) in [5.74, 6) is 2.21. The quantitative estimate of drug-likeness (QED) is 0.890. The summed E-state index contributed by atoms with van der Waals surface area (Å²) in [6.07, 6.45) is 0.737. The second kappa shape index (κ2) is 5.71. The van der Waals surface area contributed by atoms with Crippen LogP contribution in [0, 0.1) is 0 Å². The van der Waals surface area contributed by atoms with Crippen molar-refractivity contribution in [2.75, 3.05) is 14.2 Å². The first-order chi connectivity index (χ1) is 9.19. The molecule has 6 nitrogen and oxygen atoms in total. The third-order valence-corrected chi connectivity index (χ3v) is 2.85. The Labute approximate surface area is 111 Å². The van der Waals surface area contributed by atoms with E-state index in [0.29, 0.717) is 23.2 Å². The topological polar surface area (TPSA) is 83.4 Å². The molecule has 0 spiro atoms. The van der Waals surface area contributed by atoms with Crippen molar-refractivity contribution in [3.8, 4) is 22.9 Å². The molecule has 6 heteroatoms. The number of nitrogens with two attached hydrogens (primary N) is 1. The fourth-order valence-corrected chi connectivity index (χ4v) is 1.65. The molecule has 1 unspecified atom stereocenters. The predicted octanol–water partition coefficient (Wildman–Crippen LogP) is 2.16. The van der Waals surface area contributed by atoms with E-state index < -0.39 is 0 Å². The minimum atomic E-state index is -0.245. The van der Waals surface area contributed by atoms with Gasteiger partial charge in [-0.2, -0.15) is 4.98 Å². The Kier molecular flexibility index (Phi) is 4.01. The van der Waals surface area contributed by atoms with Gasteiger partial charge in [-0.1, -0.05) is 12.1 Å². The molecule has 0 aliphatic carbocycles. The lowest BCUT2D eigenvalue weighted by molar-refractivity contribution is 0.352. The predicted molar refractivity (Wildman–Crippen MR) is 70.1 cm³/mol. The van der Waals surface area contributed by atoms with Gasteiger partial charge in [0.15, 0.2) is 0 Å². The van der Waals surface area contributed by atoms with Gasteiger partial charge in [0.25, 0.3) is 0 Å². The summed E-state index contributed by atoms with van der Waals surface area (Å²) in [4.78, 5) is 4.29. The van der Waals surface area contributed by atoms with Crippen molar-refractivity contribution in [3.05, 3.63) is 24.1 Å². The molecule has 0 amide bonds. The number of hydrogen-bond acceptors (Lipinski definition) is 6. The van der Waals surface area contributed by atoms with Gasteiger partial charge in [-0.15, -0.1) is 0 Å². The van der Waals surface area contributed by atoms with Gasteiger partial charge in [0.05, 0.1) is 25.8 Å². The molecular weight excluding hydrogens is 246 g/mol. The third kappa shape index (κ3) is 2.68. The fraction of sp³-hybridized carbons (Fsp3) is 0.385. The van der Waals surface area contributed by atoms with E-state index in [0.717, 1.165) is 12.0 Å². The van der Waals surface area contributed by atoms with Gasteiger partial charge in [0, 0.05) is 6.07 Å². The van der Waals surface area contributed by atoms with Crippen LogP contribution in [0.2, 0.25) is 0 Å². The fourth-order valence-electron chi connectivity index (χ4n) is 1.65. The molecular formula is C13H17N3O3. The molecule has 1 aromatic carbocycles. The van der Waals surface area contributed by atoms with Crippen molar-refractivity contribution in [2.45, 2.75) is 19.4 Å². The average Bonchev–Trinajstić information content (AvgIpc) is 2.95. The maximum atomic E-state index is 5.85. The van der Waals surface area contributed by atoms with Crippen molar-refractivity contribution in [3.63, 3.8) is 0 Å². The van der Waals surface area contributed by atoms with E-state index in [1.165, 1.54) is 0 Å². The maximum absolute atomic E-state index is 5.85. The molecule has 1 heterocycles. The number of methoxy groups -OCH3 is 2. The van der Waals surface area contributed by atoms with Crippen LogP contribution in [0.1, 0.15) is 25.3 Å². The van der Waals surface area contributed by atoms with Crippen molar-refractivity contribution in [1.82, 2.24) is 10.1 Å². The minimum absolute atomic E-state index is 0.245. The van der Waals surface area contributed by atoms with Crippen LogP contribution in [-0.2, 0) is 0 Å². The highest BCUT2D eigenvalue weighted by Gasteiger charge is 2.17. The highest BCUT2D eigenvalue weighted by molar-refractivity contribution is 5.65. The number of aromatic nitrogens is 2. The van der Waals surface area contributed by atoms with E-state index in [1.807, 2.05) is 19.1 Å². The third-order valence-electron chi connectivity index (χ3n) is 2.85. The first-order valence-corrected chi connectivity index (χ1v) is 6.01. The van der Waals surface area contributed by atoms with Crippen molar-refractivity contribution in [1.29, 1.82) is 0 Å².